The lowest BCUT2D eigenvalue weighted by Gasteiger charge is -2.27. The largest absolute Gasteiger partial charge is 0.381 e. The molecule has 2 aliphatic heterocycles. The second-order valence-electron chi connectivity index (χ2n) is 7.37. The summed E-state index contributed by atoms with van der Waals surface area (Å²) < 4.78 is 0. The molecule has 1 fully saturated rings. The Kier molecular flexibility index (Phi) is 5.33. The molecule has 8 heteroatoms. The second-order valence-corrected chi connectivity index (χ2v) is 7.37. The average molecular weight is 406 g/mol. The highest BCUT2D eigenvalue weighted by atomic mass is 16.2. The molecule has 0 aromatic heterocycles. The topological polar surface area (TPSA) is 108 Å². The molecule has 0 saturated carbocycles. The first-order valence-corrected chi connectivity index (χ1v) is 9.80. The van der Waals surface area contributed by atoms with Crippen LogP contribution in [-0.2, 0) is 22.7 Å². The lowest BCUT2D eigenvalue weighted by molar-refractivity contribution is -0.136. The molecule has 8 nitrogen and oxygen atoms in total. The minimum absolute atomic E-state index is 0.0990. The Balaban J connectivity index is 1.54. The number of amides is 4. The summed E-state index contributed by atoms with van der Waals surface area (Å²) in [6, 6.07) is 12.1. The molecule has 154 valence electrons. The van der Waals surface area contributed by atoms with Gasteiger partial charge in [-0.05, 0) is 42.8 Å². The van der Waals surface area contributed by atoms with Crippen molar-refractivity contribution in [1.29, 1.82) is 0 Å². The summed E-state index contributed by atoms with van der Waals surface area (Å²) in [5.41, 5.74) is 3.33. The molecule has 2 aromatic rings. The maximum Gasteiger partial charge on any atom is 0.262 e. The number of nitrogens with zero attached hydrogens (tertiary/aromatic N) is 1. The highest BCUT2D eigenvalue weighted by Crippen LogP contribution is 2.30. The Labute approximate surface area is 173 Å². The Morgan fingerprint density at radius 3 is 2.47 bits per heavy atom. The third kappa shape index (κ3) is 3.57. The number of imide groups is 2. The standard InChI is InChI=1S/C22H22N4O4/c1-23-11-13-5-7-15(8-6-13)24-12-14-3-2-4-16-19(14)22(30)26(21(16)29)17-9-10-18(27)25-20(17)28/h2-8,17,23-24H,9-12H2,1H3,(H,25,27,28). The van der Waals surface area contributed by atoms with E-state index in [2.05, 4.69) is 16.0 Å². The first-order valence-electron chi connectivity index (χ1n) is 9.80. The summed E-state index contributed by atoms with van der Waals surface area (Å²) in [6.07, 6.45) is 0.241. The monoisotopic (exact) mass is 406 g/mol. The van der Waals surface area contributed by atoms with Gasteiger partial charge in [-0.15, -0.1) is 0 Å². The van der Waals surface area contributed by atoms with Gasteiger partial charge >= 0.3 is 0 Å². The fourth-order valence-electron chi connectivity index (χ4n) is 3.87. The molecule has 2 aromatic carbocycles. The predicted molar refractivity (Wildman–Crippen MR) is 110 cm³/mol. The number of benzene rings is 2. The van der Waals surface area contributed by atoms with E-state index in [1.165, 1.54) is 0 Å². The highest BCUT2D eigenvalue weighted by Gasteiger charge is 2.45. The first kappa shape index (κ1) is 19.8. The zero-order valence-electron chi connectivity index (χ0n) is 16.5. The zero-order valence-corrected chi connectivity index (χ0v) is 16.5. The van der Waals surface area contributed by atoms with Gasteiger partial charge in [-0.25, -0.2) is 0 Å². The Bertz CT molecular complexity index is 1030. The number of anilines is 1. The van der Waals surface area contributed by atoms with Crippen molar-refractivity contribution in [2.75, 3.05) is 12.4 Å². The fraction of sp³-hybridized carbons (Fsp3) is 0.273. The summed E-state index contributed by atoms with van der Waals surface area (Å²) in [4.78, 5) is 50.6. The van der Waals surface area contributed by atoms with Crippen molar-refractivity contribution in [3.05, 3.63) is 64.7 Å². The van der Waals surface area contributed by atoms with Crippen LogP contribution in [0.2, 0.25) is 0 Å². The molecule has 4 amide bonds. The molecule has 0 aliphatic carbocycles. The number of piperidine rings is 1. The molecule has 1 atom stereocenters. The number of carbonyl (C=O) groups is 4. The van der Waals surface area contributed by atoms with Crippen LogP contribution in [0.5, 0.6) is 0 Å². The van der Waals surface area contributed by atoms with E-state index >= 15 is 0 Å². The van der Waals surface area contributed by atoms with Crippen LogP contribution in [0, 0.1) is 0 Å². The summed E-state index contributed by atoms with van der Waals surface area (Å²) >= 11 is 0. The van der Waals surface area contributed by atoms with Crippen molar-refractivity contribution >= 4 is 29.3 Å². The fourth-order valence-corrected chi connectivity index (χ4v) is 3.87. The van der Waals surface area contributed by atoms with Crippen LogP contribution in [0.4, 0.5) is 5.69 Å². The molecule has 2 heterocycles. The van der Waals surface area contributed by atoms with E-state index in [1.54, 1.807) is 18.2 Å². The van der Waals surface area contributed by atoms with Crippen LogP contribution in [-0.4, -0.2) is 41.6 Å². The Morgan fingerprint density at radius 2 is 1.77 bits per heavy atom. The molecule has 4 rings (SSSR count). The third-order valence-corrected chi connectivity index (χ3v) is 5.37. The van der Waals surface area contributed by atoms with Gasteiger partial charge in [-0.3, -0.25) is 29.4 Å². The van der Waals surface area contributed by atoms with Crippen LogP contribution in [0.3, 0.4) is 0 Å². The van der Waals surface area contributed by atoms with Gasteiger partial charge in [0.1, 0.15) is 6.04 Å². The molecule has 2 aliphatic rings. The van der Waals surface area contributed by atoms with E-state index in [0.717, 1.165) is 22.7 Å². The van der Waals surface area contributed by atoms with Crippen molar-refractivity contribution in [1.82, 2.24) is 15.5 Å². The van der Waals surface area contributed by atoms with Gasteiger partial charge in [0, 0.05) is 25.2 Å². The average Bonchev–Trinajstić information content (AvgIpc) is 2.99. The summed E-state index contributed by atoms with van der Waals surface area (Å²) in [5.74, 6) is -1.99. The van der Waals surface area contributed by atoms with Crippen molar-refractivity contribution in [3.63, 3.8) is 0 Å². The van der Waals surface area contributed by atoms with Crippen LogP contribution in [0.25, 0.3) is 0 Å². The van der Waals surface area contributed by atoms with Gasteiger partial charge in [-0.1, -0.05) is 24.3 Å². The quantitative estimate of drug-likeness (QED) is 0.627. The van der Waals surface area contributed by atoms with E-state index in [0.29, 0.717) is 17.7 Å². The van der Waals surface area contributed by atoms with E-state index in [1.807, 2.05) is 31.3 Å². The van der Waals surface area contributed by atoms with E-state index in [9.17, 15) is 19.2 Å². The van der Waals surface area contributed by atoms with Crippen LogP contribution in [0.1, 0.15) is 44.7 Å². The van der Waals surface area contributed by atoms with Gasteiger partial charge in [0.05, 0.1) is 11.1 Å². The minimum Gasteiger partial charge on any atom is -0.381 e. The molecular weight excluding hydrogens is 384 g/mol. The zero-order chi connectivity index (χ0) is 21.3. The molecule has 1 saturated heterocycles. The van der Waals surface area contributed by atoms with Crippen LogP contribution < -0.4 is 16.0 Å². The Hall–Kier alpha value is -3.52. The van der Waals surface area contributed by atoms with Gasteiger partial charge in [0.2, 0.25) is 11.8 Å². The molecule has 1 unspecified atom stereocenters. The summed E-state index contributed by atoms with van der Waals surface area (Å²) in [5, 5.41) is 8.58. The van der Waals surface area contributed by atoms with Crippen LogP contribution in [0.15, 0.2) is 42.5 Å². The highest BCUT2D eigenvalue weighted by molar-refractivity contribution is 6.24. The minimum atomic E-state index is -0.962. The smallest absolute Gasteiger partial charge is 0.262 e. The number of hydrogen-bond donors (Lipinski definition) is 3. The number of nitrogens with one attached hydrogen (secondary N) is 3. The first-order chi connectivity index (χ1) is 14.5. The summed E-state index contributed by atoms with van der Waals surface area (Å²) in [7, 11) is 1.89. The molecular formula is C22H22N4O4. The summed E-state index contributed by atoms with van der Waals surface area (Å²) in [6.45, 7) is 1.13. The van der Waals surface area contributed by atoms with E-state index in [-0.39, 0.29) is 18.4 Å². The molecule has 0 radical (unpaired) electrons. The molecule has 0 bridgehead atoms. The van der Waals surface area contributed by atoms with Crippen molar-refractivity contribution < 1.29 is 19.2 Å². The molecule has 0 spiro atoms. The number of fused-ring (bicyclic) bond motifs is 1. The molecule has 3 N–H and O–H groups in total. The van der Waals surface area contributed by atoms with Crippen LogP contribution >= 0.6 is 0 Å². The van der Waals surface area contributed by atoms with Crippen molar-refractivity contribution in [2.45, 2.75) is 32.0 Å². The molecule has 30 heavy (non-hydrogen) atoms. The van der Waals surface area contributed by atoms with Gasteiger partial charge in [0.15, 0.2) is 0 Å². The predicted octanol–water partition coefficient (Wildman–Crippen LogP) is 1.42. The lowest BCUT2D eigenvalue weighted by Crippen LogP contribution is -2.54. The van der Waals surface area contributed by atoms with Gasteiger partial charge < -0.3 is 10.6 Å². The van der Waals surface area contributed by atoms with E-state index < -0.39 is 29.7 Å². The second kappa shape index (κ2) is 8.08. The van der Waals surface area contributed by atoms with Crippen molar-refractivity contribution in [2.24, 2.45) is 0 Å². The third-order valence-electron chi connectivity index (χ3n) is 5.37. The van der Waals surface area contributed by atoms with Gasteiger partial charge in [0.25, 0.3) is 11.8 Å². The number of carbonyl (C=O) groups excluding carboxylic acids is 4. The number of hydrogen-bond acceptors (Lipinski definition) is 6. The number of rotatable bonds is 6. The SMILES string of the molecule is CNCc1ccc(NCc2cccc3c2C(=O)N(C2CCC(=O)NC2=O)C3=O)cc1. The van der Waals surface area contributed by atoms with Crippen molar-refractivity contribution in [3.8, 4) is 0 Å². The van der Waals surface area contributed by atoms with E-state index in [4.69, 9.17) is 0 Å². The maximum atomic E-state index is 13.1. The maximum absolute atomic E-state index is 13.1. The lowest BCUT2D eigenvalue weighted by atomic mass is 10.0. The van der Waals surface area contributed by atoms with Gasteiger partial charge in [-0.2, -0.15) is 0 Å². The normalized spacial score (nSPS) is 18.4. The Morgan fingerprint density at radius 1 is 1.00 bits per heavy atom.